The molecule has 1 aromatic heterocycles. The van der Waals surface area contributed by atoms with E-state index in [2.05, 4.69) is 41.0 Å². The van der Waals surface area contributed by atoms with E-state index >= 15 is 0 Å². The van der Waals surface area contributed by atoms with Gasteiger partial charge in [0, 0.05) is 19.0 Å². The molecule has 0 atom stereocenters. The normalized spacial score (nSPS) is 14.5. The average molecular weight is 292 g/mol. The second-order valence-electron chi connectivity index (χ2n) is 5.54. The van der Waals surface area contributed by atoms with Crippen molar-refractivity contribution in [3.8, 4) is 5.88 Å². The van der Waals surface area contributed by atoms with Crippen molar-refractivity contribution in [1.29, 1.82) is 0 Å². The summed E-state index contributed by atoms with van der Waals surface area (Å²) < 4.78 is 5.94. The summed E-state index contributed by atoms with van der Waals surface area (Å²) in [6, 6.07) is 0. The number of hydrogen-bond donors (Lipinski definition) is 1. The van der Waals surface area contributed by atoms with Crippen LogP contribution in [-0.2, 0) is 0 Å². The van der Waals surface area contributed by atoms with Crippen LogP contribution in [0, 0.1) is 6.92 Å². The van der Waals surface area contributed by atoms with Gasteiger partial charge in [-0.25, -0.2) is 4.98 Å². The van der Waals surface area contributed by atoms with E-state index in [4.69, 9.17) is 4.74 Å². The van der Waals surface area contributed by atoms with Crippen molar-refractivity contribution in [3.05, 3.63) is 11.4 Å². The zero-order valence-corrected chi connectivity index (χ0v) is 13.8. The van der Waals surface area contributed by atoms with Crippen LogP contribution in [0.1, 0.15) is 50.9 Å². The monoisotopic (exact) mass is 292 g/mol. The molecule has 0 aliphatic heterocycles. The molecule has 0 amide bonds. The highest BCUT2D eigenvalue weighted by molar-refractivity contribution is 5.49. The van der Waals surface area contributed by atoms with Crippen LogP contribution in [0.15, 0.2) is 0 Å². The van der Waals surface area contributed by atoms with E-state index in [0.29, 0.717) is 12.5 Å². The zero-order valence-electron chi connectivity index (χ0n) is 13.8. The predicted octanol–water partition coefficient (Wildman–Crippen LogP) is 2.81. The van der Waals surface area contributed by atoms with Gasteiger partial charge in [0.2, 0.25) is 5.88 Å². The van der Waals surface area contributed by atoms with E-state index in [-0.39, 0.29) is 0 Å². The van der Waals surface area contributed by atoms with Gasteiger partial charge in [0.25, 0.3) is 0 Å². The van der Waals surface area contributed by atoms with E-state index < -0.39 is 0 Å². The Morgan fingerprint density at radius 1 is 1.19 bits per heavy atom. The molecule has 1 N–H and O–H groups in total. The third-order valence-corrected chi connectivity index (χ3v) is 3.95. The van der Waals surface area contributed by atoms with Crippen LogP contribution < -0.4 is 10.1 Å². The number of aromatic nitrogens is 2. The van der Waals surface area contributed by atoms with Crippen molar-refractivity contribution in [2.75, 3.05) is 38.1 Å². The van der Waals surface area contributed by atoms with Crippen LogP contribution in [0.2, 0.25) is 0 Å². The Balaban J connectivity index is 2.06. The highest BCUT2D eigenvalue weighted by Crippen LogP contribution is 2.39. The predicted molar refractivity (Wildman–Crippen MR) is 86.2 cm³/mol. The Labute approximate surface area is 128 Å². The molecule has 1 aromatic rings. The topological polar surface area (TPSA) is 50.3 Å². The van der Waals surface area contributed by atoms with Crippen LogP contribution in [0.4, 0.5) is 5.82 Å². The van der Waals surface area contributed by atoms with Gasteiger partial charge in [0.1, 0.15) is 18.2 Å². The zero-order chi connectivity index (χ0) is 15.2. The van der Waals surface area contributed by atoms with Crippen LogP contribution >= 0.6 is 0 Å². The van der Waals surface area contributed by atoms with Crippen molar-refractivity contribution in [2.24, 2.45) is 0 Å². The Bertz CT molecular complexity index is 456. The molecule has 1 heterocycles. The van der Waals surface area contributed by atoms with Crippen LogP contribution in [0.3, 0.4) is 0 Å². The lowest BCUT2D eigenvalue weighted by molar-refractivity contribution is 0.216. The summed E-state index contributed by atoms with van der Waals surface area (Å²) >= 11 is 0. The summed E-state index contributed by atoms with van der Waals surface area (Å²) in [7, 11) is 0. The molecule has 5 heteroatoms. The second-order valence-corrected chi connectivity index (χ2v) is 5.54. The number of nitrogens with one attached hydrogen (secondary N) is 1. The largest absolute Gasteiger partial charge is 0.476 e. The van der Waals surface area contributed by atoms with E-state index in [1.54, 1.807) is 0 Å². The molecule has 1 aliphatic carbocycles. The molecule has 0 aromatic carbocycles. The van der Waals surface area contributed by atoms with Crippen molar-refractivity contribution in [2.45, 2.75) is 46.5 Å². The van der Waals surface area contributed by atoms with Crippen molar-refractivity contribution >= 4 is 5.82 Å². The number of hydrogen-bond acceptors (Lipinski definition) is 5. The first-order valence-electron chi connectivity index (χ1n) is 8.17. The lowest BCUT2D eigenvalue weighted by Gasteiger charge is -2.19. The number of likely N-dealkylation sites (N-methyl/N-ethyl adjacent to an activating group) is 1. The summed E-state index contributed by atoms with van der Waals surface area (Å²) in [6.07, 6.45) is 2.40. The summed E-state index contributed by atoms with van der Waals surface area (Å²) in [5.41, 5.74) is 1.01. The van der Waals surface area contributed by atoms with Gasteiger partial charge < -0.3 is 15.0 Å². The summed E-state index contributed by atoms with van der Waals surface area (Å²) in [5, 5.41) is 3.32. The molecular weight excluding hydrogens is 264 g/mol. The minimum atomic E-state index is 0.535. The molecule has 0 spiro atoms. The van der Waals surface area contributed by atoms with Gasteiger partial charge in [0.15, 0.2) is 0 Å². The maximum Gasteiger partial charge on any atom is 0.221 e. The molecule has 0 saturated heterocycles. The Kier molecular flexibility index (Phi) is 5.79. The maximum atomic E-state index is 5.94. The van der Waals surface area contributed by atoms with Crippen LogP contribution in [-0.4, -0.2) is 47.7 Å². The molecule has 1 fully saturated rings. The standard InChI is InChI=1S/C16H28N4O/c1-5-17-14-12(4)16(19-15(18-14)13-8-9-13)21-11-10-20(6-2)7-3/h13H,5-11H2,1-4H3,(H,17,18,19). The maximum absolute atomic E-state index is 5.94. The fourth-order valence-electron chi connectivity index (χ4n) is 2.33. The second kappa shape index (κ2) is 7.59. The molecular formula is C16H28N4O. The fraction of sp³-hybridized carbons (Fsp3) is 0.750. The van der Waals surface area contributed by atoms with Gasteiger partial charge in [0.05, 0.1) is 5.56 Å². The van der Waals surface area contributed by atoms with E-state index in [0.717, 1.165) is 49.3 Å². The van der Waals surface area contributed by atoms with Crippen LogP contribution in [0.25, 0.3) is 0 Å². The highest BCUT2D eigenvalue weighted by atomic mass is 16.5. The van der Waals surface area contributed by atoms with Crippen molar-refractivity contribution < 1.29 is 4.74 Å². The van der Waals surface area contributed by atoms with E-state index in [1.165, 1.54) is 12.8 Å². The van der Waals surface area contributed by atoms with Gasteiger partial charge in [-0.2, -0.15) is 4.98 Å². The molecule has 2 rings (SSSR count). The molecule has 5 nitrogen and oxygen atoms in total. The first-order valence-corrected chi connectivity index (χ1v) is 8.17. The fourth-order valence-corrected chi connectivity index (χ4v) is 2.33. The van der Waals surface area contributed by atoms with Crippen molar-refractivity contribution in [1.82, 2.24) is 14.9 Å². The smallest absolute Gasteiger partial charge is 0.221 e. The van der Waals surface area contributed by atoms with Gasteiger partial charge in [-0.3, -0.25) is 0 Å². The molecule has 0 bridgehead atoms. The molecule has 0 unspecified atom stereocenters. The third kappa shape index (κ3) is 4.30. The first-order chi connectivity index (χ1) is 10.2. The number of rotatable bonds is 9. The highest BCUT2D eigenvalue weighted by Gasteiger charge is 2.28. The molecule has 1 saturated carbocycles. The average Bonchev–Trinajstić information content (AvgIpc) is 3.32. The molecule has 0 radical (unpaired) electrons. The summed E-state index contributed by atoms with van der Waals surface area (Å²) in [4.78, 5) is 11.6. The molecule has 21 heavy (non-hydrogen) atoms. The quantitative estimate of drug-likeness (QED) is 0.758. The van der Waals surface area contributed by atoms with Gasteiger partial charge >= 0.3 is 0 Å². The number of ether oxygens (including phenoxy) is 1. The summed E-state index contributed by atoms with van der Waals surface area (Å²) in [5.74, 6) is 3.14. The van der Waals surface area contributed by atoms with Crippen molar-refractivity contribution in [3.63, 3.8) is 0 Å². The lowest BCUT2D eigenvalue weighted by Crippen LogP contribution is -2.28. The third-order valence-electron chi connectivity index (χ3n) is 3.95. The van der Waals surface area contributed by atoms with E-state index in [1.807, 2.05) is 6.92 Å². The number of nitrogens with zero attached hydrogens (tertiary/aromatic N) is 3. The van der Waals surface area contributed by atoms with Crippen LogP contribution in [0.5, 0.6) is 5.88 Å². The molecule has 1 aliphatic rings. The Morgan fingerprint density at radius 2 is 1.90 bits per heavy atom. The lowest BCUT2D eigenvalue weighted by atomic mass is 10.3. The van der Waals surface area contributed by atoms with E-state index in [9.17, 15) is 0 Å². The minimum Gasteiger partial charge on any atom is -0.476 e. The van der Waals surface area contributed by atoms with Gasteiger partial charge in [-0.05, 0) is 39.8 Å². The minimum absolute atomic E-state index is 0.535. The SMILES string of the molecule is CCNc1nc(C2CC2)nc(OCCN(CC)CC)c1C. The molecule has 118 valence electrons. The summed E-state index contributed by atoms with van der Waals surface area (Å²) in [6.45, 7) is 13.0. The number of anilines is 1. The van der Waals surface area contributed by atoms with Gasteiger partial charge in [-0.1, -0.05) is 13.8 Å². The Morgan fingerprint density at radius 3 is 2.48 bits per heavy atom. The Hall–Kier alpha value is -1.36. The first kappa shape index (κ1) is 16.0. The van der Waals surface area contributed by atoms with Gasteiger partial charge in [-0.15, -0.1) is 0 Å².